The van der Waals surface area contributed by atoms with Crippen LogP contribution >= 0.6 is 0 Å². The summed E-state index contributed by atoms with van der Waals surface area (Å²) in [5, 5.41) is 8.25. The van der Waals surface area contributed by atoms with Gasteiger partial charge < -0.3 is 17.4 Å². The van der Waals surface area contributed by atoms with Crippen LogP contribution in [0.5, 0.6) is 0 Å². The molecule has 4 nitrogen and oxygen atoms in total. The predicted molar refractivity (Wildman–Crippen MR) is 42.2 cm³/mol. The van der Waals surface area contributed by atoms with Gasteiger partial charge in [-0.1, -0.05) is 0 Å². The van der Waals surface area contributed by atoms with Gasteiger partial charge in [-0.25, -0.2) is 4.79 Å². The number of carbonyl (C=O) groups excluding carboxylic acids is 1. The van der Waals surface area contributed by atoms with Gasteiger partial charge >= 0.3 is 43.7 Å². The molecule has 0 heterocycles. The third kappa shape index (κ3) is 6.62. The van der Waals surface area contributed by atoms with Crippen LogP contribution in [-0.4, -0.2) is 69.1 Å². The first-order valence-electron chi connectivity index (χ1n) is 2.73. The molecule has 0 aromatic rings. The summed E-state index contributed by atoms with van der Waals surface area (Å²) in [6.07, 6.45) is 0. The first kappa shape index (κ1) is 13.8. The van der Waals surface area contributed by atoms with Crippen molar-refractivity contribution < 1.29 is 22.2 Å². The Morgan fingerprint density at radius 2 is 2.27 bits per heavy atom. The maximum atomic E-state index is 10.5. The van der Waals surface area contributed by atoms with E-state index in [-0.39, 0.29) is 59.6 Å². The largest absolute Gasteiger partial charge is 2.00 e. The fourth-order valence-electron chi connectivity index (χ4n) is 0.342. The molecular formula is C6H12CaO4. The minimum Gasteiger partial charge on any atom is -1.00 e. The van der Waals surface area contributed by atoms with E-state index in [2.05, 4.69) is 16.1 Å². The van der Waals surface area contributed by atoms with Crippen molar-refractivity contribution in [1.29, 1.82) is 0 Å². The summed E-state index contributed by atoms with van der Waals surface area (Å²) in [5.74, 6) is -0.704. The van der Waals surface area contributed by atoms with Gasteiger partial charge in [0.15, 0.2) is 5.76 Å². The average molecular weight is 188 g/mol. The zero-order valence-electron chi connectivity index (χ0n) is 8.50. The van der Waals surface area contributed by atoms with Crippen LogP contribution in [0.2, 0.25) is 0 Å². The third-order valence-electron chi connectivity index (χ3n) is 0.781. The van der Waals surface area contributed by atoms with Crippen molar-refractivity contribution in [3.63, 3.8) is 0 Å². The molecule has 0 saturated carbocycles. The molecule has 1 N–H and O–H groups in total. The van der Waals surface area contributed by atoms with E-state index in [0.717, 1.165) is 0 Å². The van der Waals surface area contributed by atoms with E-state index in [4.69, 9.17) is 5.11 Å². The van der Waals surface area contributed by atoms with E-state index >= 15 is 0 Å². The molecule has 0 fully saturated rings. The quantitative estimate of drug-likeness (QED) is 0.280. The molecule has 5 heteroatoms. The number of ether oxygens (including phenoxy) is 2. The maximum absolute atomic E-state index is 10.5. The molecule has 0 aromatic carbocycles. The van der Waals surface area contributed by atoms with E-state index in [1.807, 2.05) is 0 Å². The Bertz CT molecular complexity index is 143. The smallest absolute Gasteiger partial charge is 1.00 e. The summed E-state index contributed by atoms with van der Waals surface area (Å²) in [6.45, 7) is 3.18. The molecule has 0 atom stereocenters. The van der Waals surface area contributed by atoms with Crippen molar-refractivity contribution in [2.45, 2.75) is 0 Å². The van der Waals surface area contributed by atoms with Gasteiger partial charge in [0.05, 0.1) is 13.7 Å². The SMILES string of the molecule is C=C(OCCO)C(=O)OC.[Ca+2].[H-].[H-]. The molecule has 0 bridgehead atoms. The van der Waals surface area contributed by atoms with E-state index in [0.29, 0.717) is 0 Å². The van der Waals surface area contributed by atoms with Gasteiger partial charge in [-0.2, -0.15) is 0 Å². The van der Waals surface area contributed by atoms with Crippen molar-refractivity contribution in [1.82, 2.24) is 0 Å². The number of hydrogen-bond donors (Lipinski definition) is 1. The number of aliphatic hydroxyl groups is 1. The summed E-state index contributed by atoms with van der Waals surface area (Å²) in [4.78, 5) is 10.5. The minimum absolute atomic E-state index is 0. The second-order valence-corrected chi connectivity index (χ2v) is 1.49. The van der Waals surface area contributed by atoms with Gasteiger partial charge in [-0.05, 0) is 6.58 Å². The Hall–Kier alpha value is 0.230. The molecule has 0 rings (SSSR count). The Balaban J connectivity index is -0.000000135. The van der Waals surface area contributed by atoms with Gasteiger partial charge in [-0.3, -0.25) is 0 Å². The molecule has 0 aliphatic rings. The van der Waals surface area contributed by atoms with E-state index < -0.39 is 5.97 Å². The van der Waals surface area contributed by atoms with Crippen molar-refractivity contribution >= 4 is 43.7 Å². The summed E-state index contributed by atoms with van der Waals surface area (Å²) < 4.78 is 8.89. The normalized spacial score (nSPS) is 7.82. The minimum atomic E-state index is -0.617. The van der Waals surface area contributed by atoms with E-state index in [1.54, 1.807) is 0 Å². The molecule has 0 aliphatic carbocycles. The van der Waals surface area contributed by atoms with Gasteiger partial charge in [0.2, 0.25) is 0 Å². The molecule has 62 valence electrons. The Morgan fingerprint density at radius 1 is 1.73 bits per heavy atom. The number of carbonyl (C=O) groups is 1. The molecule has 0 amide bonds. The fraction of sp³-hybridized carbons (Fsp3) is 0.500. The standard InChI is InChI=1S/C6H10O4.Ca.2H/c1-5(6(8)9-2)10-4-3-7;;;/h7H,1,3-4H2,2H3;;;/q;+2;2*-1. The van der Waals surface area contributed by atoms with Crippen molar-refractivity contribution in [2.75, 3.05) is 20.3 Å². The molecule has 0 aromatic heterocycles. The molecule has 0 spiro atoms. The van der Waals surface area contributed by atoms with E-state index in [9.17, 15) is 4.79 Å². The van der Waals surface area contributed by atoms with Crippen LogP contribution in [-0.2, 0) is 14.3 Å². The van der Waals surface area contributed by atoms with Gasteiger partial charge in [0, 0.05) is 0 Å². The zero-order valence-corrected chi connectivity index (χ0v) is 8.71. The van der Waals surface area contributed by atoms with E-state index in [1.165, 1.54) is 7.11 Å². The number of rotatable bonds is 4. The number of aliphatic hydroxyl groups excluding tert-OH is 1. The van der Waals surface area contributed by atoms with Crippen LogP contribution in [0.15, 0.2) is 12.3 Å². The number of hydrogen-bond acceptors (Lipinski definition) is 4. The van der Waals surface area contributed by atoms with Crippen molar-refractivity contribution in [2.24, 2.45) is 0 Å². The summed E-state index contributed by atoms with van der Waals surface area (Å²) >= 11 is 0. The molecule has 11 heavy (non-hydrogen) atoms. The second-order valence-electron chi connectivity index (χ2n) is 1.49. The Morgan fingerprint density at radius 3 is 2.64 bits per heavy atom. The third-order valence-corrected chi connectivity index (χ3v) is 0.781. The predicted octanol–water partition coefficient (Wildman–Crippen LogP) is -0.474. The fourth-order valence-corrected chi connectivity index (χ4v) is 0.342. The maximum Gasteiger partial charge on any atom is 2.00 e. The van der Waals surface area contributed by atoms with Crippen LogP contribution < -0.4 is 0 Å². The van der Waals surface area contributed by atoms with Crippen LogP contribution in [0, 0.1) is 0 Å². The summed E-state index contributed by atoms with van der Waals surface area (Å²) in [6, 6.07) is 0. The summed E-state index contributed by atoms with van der Waals surface area (Å²) in [5.41, 5.74) is 0. The zero-order chi connectivity index (χ0) is 7.98. The topological polar surface area (TPSA) is 55.8 Å². The molecule has 0 saturated heterocycles. The van der Waals surface area contributed by atoms with Gasteiger partial charge in [-0.15, -0.1) is 0 Å². The van der Waals surface area contributed by atoms with Crippen LogP contribution in [0.4, 0.5) is 0 Å². The average Bonchev–Trinajstić information content (AvgIpc) is 1.98. The summed E-state index contributed by atoms with van der Waals surface area (Å²) in [7, 11) is 1.23. The van der Waals surface area contributed by atoms with Gasteiger partial charge in [0.1, 0.15) is 6.61 Å². The van der Waals surface area contributed by atoms with Crippen LogP contribution in [0.1, 0.15) is 2.85 Å². The number of methoxy groups -OCH3 is 1. The molecule has 0 aliphatic heterocycles. The molecule has 0 unspecified atom stereocenters. The molecule has 0 radical (unpaired) electrons. The van der Waals surface area contributed by atoms with Crippen molar-refractivity contribution in [3.8, 4) is 0 Å². The Labute approximate surface area is 98.1 Å². The first-order chi connectivity index (χ1) is 4.72. The number of esters is 1. The van der Waals surface area contributed by atoms with Crippen LogP contribution in [0.3, 0.4) is 0 Å². The Kier molecular flexibility index (Phi) is 10.4. The van der Waals surface area contributed by atoms with Crippen LogP contribution in [0.25, 0.3) is 0 Å². The van der Waals surface area contributed by atoms with Crippen molar-refractivity contribution in [3.05, 3.63) is 12.3 Å². The second kappa shape index (κ2) is 8.33. The first-order valence-corrected chi connectivity index (χ1v) is 2.73. The monoisotopic (exact) mass is 188 g/mol. The molecular weight excluding hydrogens is 176 g/mol. The van der Waals surface area contributed by atoms with Gasteiger partial charge in [0.25, 0.3) is 0 Å².